The maximum atomic E-state index is 4.78. The van der Waals surface area contributed by atoms with Gasteiger partial charge in [-0.05, 0) is 32.7 Å². The van der Waals surface area contributed by atoms with E-state index in [1.807, 2.05) is 7.05 Å². The number of nitrogens with zero attached hydrogens (tertiary/aromatic N) is 2. The van der Waals surface area contributed by atoms with E-state index in [0.29, 0.717) is 18.0 Å². The van der Waals surface area contributed by atoms with Crippen LogP contribution in [0, 0.1) is 5.92 Å². The molecule has 1 aliphatic rings. The molecule has 2 rings (SSSR count). The smallest absolute Gasteiger partial charge is 0.185 e. The van der Waals surface area contributed by atoms with Gasteiger partial charge in [-0.1, -0.05) is 13.8 Å². The van der Waals surface area contributed by atoms with Gasteiger partial charge in [-0.25, -0.2) is 4.98 Å². The molecular weight excluding hydrogens is 230 g/mol. The largest absolute Gasteiger partial charge is 0.345 e. The highest BCUT2D eigenvalue weighted by atomic mass is 32.1. The summed E-state index contributed by atoms with van der Waals surface area (Å²) < 4.78 is 0. The van der Waals surface area contributed by atoms with Gasteiger partial charge in [0.2, 0.25) is 0 Å². The first-order valence-electron chi connectivity index (χ1n) is 6.52. The predicted octanol–water partition coefficient (Wildman–Crippen LogP) is 3.05. The van der Waals surface area contributed by atoms with Crippen molar-refractivity contribution in [2.24, 2.45) is 5.92 Å². The van der Waals surface area contributed by atoms with Crippen molar-refractivity contribution in [1.82, 2.24) is 10.3 Å². The second-order valence-electron chi connectivity index (χ2n) is 5.21. The van der Waals surface area contributed by atoms with Crippen molar-refractivity contribution in [1.29, 1.82) is 0 Å². The highest BCUT2D eigenvalue weighted by Gasteiger charge is 2.29. The first kappa shape index (κ1) is 12.8. The second kappa shape index (κ2) is 5.36. The Bertz CT molecular complexity index is 361. The zero-order chi connectivity index (χ0) is 12.4. The Hall–Kier alpha value is -0.610. The molecule has 1 N–H and O–H groups in total. The molecule has 0 aromatic carbocycles. The van der Waals surface area contributed by atoms with Crippen molar-refractivity contribution in [2.75, 3.05) is 18.5 Å². The molecular formula is C13H23N3S. The van der Waals surface area contributed by atoms with Gasteiger partial charge in [0.05, 0.1) is 5.69 Å². The van der Waals surface area contributed by atoms with Crippen LogP contribution in [-0.4, -0.2) is 24.6 Å². The van der Waals surface area contributed by atoms with Crippen LogP contribution in [0.25, 0.3) is 0 Å². The van der Waals surface area contributed by atoms with Crippen LogP contribution in [0.1, 0.15) is 45.3 Å². The van der Waals surface area contributed by atoms with Crippen LogP contribution in [0.4, 0.5) is 5.13 Å². The van der Waals surface area contributed by atoms with Gasteiger partial charge in [0.25, 0.3) is 0 Å². The van der Waals surface area contributed by atoms with Gasteiger partial charge in [-0.15, -0.1) is 11.3 Å². The molecule has 2 unspecified atom stereocenters. The summed E-state index contributed by atoms with van der Waals surface area (Å²) in [5.74, 6) is 0.714. The summed E-state index contributed by atoms with van der Waals surface area (Å²) in [5, 5.41) is 6.64. The van der Waals surface area contributed by atoms with Crippen molar-refractivity contribution < 1.29 is 0 Å². The molecule has 4 heteroatoms. The van der Waals surface area contributed by atoms with E-state index in [-0.39, 0.29) is 0 Å². The minimum atomic E-state index is 0.347. The molecule has 1 aromatic heterocycles. The summed E-state index contributed by atoms with van der Waals surface area (Å²) in [5.41, 5.74) is 1.17. The lowest BCUT2D eigenvalue weighted by Gasteiger charge is -2.27. The number of nitrogens with one attached hydrogen (secondary N) is 1. The van der Waals surface area contributed by atoms with Crippen LogP contribution in [0.2, 0.25) is 0 Å². The summed E-state index contributed by atoms with van der Waals surface area (Å²) in [7, 11) is 1.98. The van der Waals surface area contributed by atoms with Crippen LogP contribution in [0.15, 0.2) is 5.38 Å². The third-order valence-electron chi connectivity index (χ3n) is 3.70. The van der Waals surface area contributed by atoms with Gasteiger partial charge in [-0.2, -0.15) is 0 Å². The van der Waals surface area contributed by atoms with Crippen LogP contribution < -0.4 is 10.2 Å². The highest BCUT2D eigenvalue weighted by Crippen LogP contribution is 2.32. The third kappa shape index (κ3) is 2.63. The topological polar surface area (TPSA) is 28.2 Å². The second-order valence-corrected chi connectivity index (χ2v) is 6.05. The highest BCUT2D eigenvalue weighted by molar-refractivity contribution is 7.13. The Labute approximate surface area is 108 Å². The molecule has 1 aromatic rings. The Balaban J connectivity index is 2.14. The maximum absolute atomic E-state index is 4.78. The fraction of sp³-hybridized carbons (Fsp3) is 0.769. The van der Waals surface area contributed by atoms with Crippen molar-refractivity contribution in [3.8, 4) is 0 Å². The van der Waals surface area contributed by atoms with Crippen LogP contribution >= 0.6 is 11.3 Å². The van der Waals surface area contributed by atoms with Crippen LogP contribution in [0.3, 0.4) is 0 Å². The first-order chi connectivity index (χ1) is 8.13. The Kier molecular flexibility index (Phi) is 4.05. The van der Waals surface area contributed by atoms with E-state index in [0.717, 1.165) is 0 Å². The summed E-state index contributed by atoms with van der Waals surface area (Å²) >= 11 is 1.79. The number of anilines is 1. The van der Waals surface area contributed by atoms with Gasteiger partial charge in [-0.3, -0.25) is 0 Å². The molecule has 1 fully saturated rings. The molecule has 0 saturated carbocycles. The fourth-order valence-electron chi connectivity index (χ4n) is 2.48. The van der Waals surface area contributed by atoms with E-state index in [1.54, 1.807) is 11.3 Å². The lowest BCUT2D eigenvalue weighted by atomic mass is 10.0. The average Bonchev–Trinajstić information content (AvgIpc) is 2.95. The zero-order valence-corrected chi connectivity index (χ0v) is 12.0. The van der Waals surface area contributed by atoms with Crippen molar-refractivity contribution in [2.45, 2.75) is 45.7 Å². The number of hydrogen-bond acceptors (Lipinski definition) is 4. The van der Waals surface area contributed by atoms with E-state index < -0.39 is 0 Å². The van der Waals surface area contributed by atoms with Crippen molar-refractivity contribution in [3.63, 3.8) is 0 Å². The Morgan fingerprint density at radius 3 is 2.88 bits per heavy atom. The van der Waals surface area contributed by atoms with Gasteiger partial charge in [0.1, 0.15) is 0 Å². The number of rotatable bonds is 4. The first-order valence-corrected chi connectivity index (χ1v) is 7.40. The maximum Gasteiger partial charge on any atom is 0.185 e. The lowest BCUT2D eigenvalue weighted by molar-refractivity contribution is 0.491. The molecule has 0 amide bonds. The molecule has 0 aliphatic carbocycles. The number of aromatic nitrogens is 1. The molecule has 1 aliphatic heterocycles. The van der Waals surface area contributed by atoms with Gasteiger partial charge in [0.15, 0.2) is 5.13 Å². The quantitative estimate of drug-likeness (QED) is 0.894. The molecule has 96 valence electrons. The molecule has 17 heavy (non-hydrogen) atoms. The Morgan fingerprint density at radius 1 is 1.47 bits per heavy atom. The van der Waals surface area contributed by atoms with Gasteiger partial charge in [0, 0.05) is 24.0 Å². The van der Waals surface area contributed by atoms with E-state index in [2.05, 4.69) is 36.4 Å². The minimum absolute atomic E-state index is 0.347. The average molecular weight is 253 g/mol. The van der Waals surface area contributed by atoms with Gasteiger partial charge >= 0.3 is 0 Å². The monoisotopic (exact) mass is 253 g/mol. The molecule has 0 radical (unpaired) electrons. The third-order valence-corrected chi connectivity index (χ3v) is 4.60. The summed E-state index contributed by atoms with van der Waals surface area (Å²) in [6.45, 7) is 7.95. The molecule has 0 spiro atoms. The molecule has 2 heterocycles. The van der Waals surface area contributed by atoms with Gasteiger partial charge < -0.3 is 10.2 Å². The molecule has 2 atom stereocenters. The normalized spacial score (nSPS) is 22.4. The predicted molar refractivity (Wildman–Crippen MR) is 74.8 cm³/mol. The summed E-state index contributed by atoms with van der Waals surface area (Å²) in [6, 6.07) is 1.03. The number of hydrogen-bond donors (Lipinski definition) is 1. The zero-order valence-electron chi connectivity index (χ0n) is 11.2. The van der Waals surface area contributed by atoms with Crippen LogP contribution in [-0.2, 0) is 0 Å². The standard InChI is InChI=1S/C13H23N3S/c1-9(2)12-6-5-7-16(12)13-15-11(8-17-13)10(3)14-4/h8-10,12,14H,5-7H2,1-4H3. The fourth-order valence-corrected chi connectivity index (χ4v) is 3.48. The van der Waals surface area contributed by atoms with E-state index >= 15 is 0 Å². The van der Waals surface area contributed by atoms with E-state index in [1.165, 1.54) is 30.2 Å². The molecule has 0 bridgehead atoms. The minimum Gasteiger partial charge on any atom is -0.345 e. The molecule has 3 nitrogen and oxygen atoms in total. The van der Waals surface area contributed by atoms with E-state index in [4.69, 9.17) is 4.98 Å². The summed E-state index contributed by atoms with van der Waals surface area (Å²) in [6.07, 6.45) is 2.62. The van der Waals surface area contributed by atoms with Crippen LogP contribution in [0.5, 0.6) is 0 Å². The number of thiazole rings is 1. The Morgan fingerprint density at radius 2 is 2.24 bits per heavy atom. The lowest BCUT2D eigenvalue weighted by Crippen LogP contribution is -2.33. The van der Waals surface area contributed by atoms with Crippen molar-refractivity contribution in [3.05, 3.63) is 11.1 Å². The summed E-state index contributed by atoms with van der Waals surface area (Å²) in [4.78, 5) is 7.28. The van der Waals surface area contributed by atoms with E-state index in [9.17, 15) is 0 Å². The molecule has 1 saturated heterocycles. The SMILES string of the molecule is CNC(C)c1csc(N2CCCC2C(C)C)n1. The van der Waals surface area contributed by atoms with Crippen molar-refractivity contribution >= 4 is 16.5 Å².